The van der Waals surface area contributed by atoms with E-state index >= 15 is 0 Å². The monoisotopic (exact) mass is 204 g/mol. The van der Waals surface area contributed by atoms with Gasteiger partial charge in [0.15, 0.2) is 0 Å². The lowest BCUT2D eigenvalue weighted by Crippen LogP contribution is -2.14. The quantitative estimate of drug-likeness (QED) is 0.659. The zero-order valence-electron chi connectivity index (χ0n) is 7.09. The first kappa shape index (κ1) is 9.61. The number of hydrogen-bond donors (Lipinski definition) is 0. The number of aromatic nitrogens is 2. The summed E-state index contributed by atoms with van der Waals surface area (Å²) in [6.07, 6.45) is 0. The van der Waals surface area contributed by atoms with Crippen molar-refractivity contribution in [2.75, 3.05) is 0 Å². The Labute approximate surface area is 79.9 Å². The molecular weight excluding hydrogens is 196 g/mol. The maximum absolute atomic E-state index is 10.9. The molecule has 0 aromatic carbocycles. The summed E-state index contributed by atoms with van der Waals surface area (Å²) in [6.45, 7) is 5.90. The third-order valence-electron chi connectivity index (χ3n) is 1.38. The van der Waals surface area contributed by atoms with E-state index < -0.39 is 5.24 Å². The normalized spacial score (nSPS) is 11.7. The number of hydrogen-bond acceptors (Lipinski definition) is 4. The van der Waals surface area contributed by atoms with Gasteiger partial charge in [-0.25, -0.2) is 0 Å². The fraction of sp³-hybridized carbons (Fsp3) is 0.571. The summed E-state index contributed by atoms with van der Waals surface area (Å²) in [5.74, 6) is 0. The Balaban J connectivity index is 3.17. The van der Waals surface area contributed by atoms with Crippen LogP contribution in [0, 0.1) is 0 Å². The van der Waals surface area contributed by atoms with Crippen LogP contribution in [-0.4, -0.2) is 14.8 Å². The maximum Gasteiger partial charge on any atom is 0.265 e. The van der Waals surface area contributed by atoms with Crippen LogP contribution in [0.2, 0.25) is 0 Å². The predicted octanol–water partition coefficient (Wildman–Crippen LogP) is 2.21. The number of carbonyl (C=O) groups is 1. The van der Waals surface area contributed by atoms with Gasteiger partial charge < -0.3 is 0 Å². The van der Waals surface area contributed by atoms with Crippen molar-refractivity contribution >= 4 is 28.4 Å². The van der Waals surface area contributed by atoms with Crippen LogP contribution in [0.3, 0.4) is 0 Å². The summed E-state index contributed by atoms with van der Waals surface area (Å²) in [5, 5.41) is 3.40. The van der Waals surface area contributed by atoms with Crippen LogP contribution < -0.4 is 0 Å². The van der Waals surface area contributed by atoms with Gasteiger partial charge in [0.1, 0.15) is 4.88 Å². The molecule has 12 heavy (non-hydrogen) atoms. The van der Waals surface area contributed by atoms with Crippen LogP contribution in [0.15, 0.2) is 0 Å². The van der Waals surface area contributed by atoms with Crippen molar-refractivity contribution in [3.8, 4) is 0 Å². The van der Waals surface area contributed by atoms with Gasteiger partial charge in [-0.2, -0.15) is 0 Å². The summed E-state index contributed by atoms with van der Waals surface area (Å²) < 4.78 is 3.70. The molecule has 1 rings (SSSR count). The van der Waals surface area contributed by atoms with Gasteiger partial charge in [-0.3, -0.25) is 4.79 Å². The average Bonchev–Trinajstić information content (AvgIpc) is 2.30. The number of nitrogens with zero attached hydrogens (tertiary/aromatic N) is 2. The highest BCUT2D eigenvalue weighted by Gasteiger charge is 2.25. The van der Waals surface area contributed by atoms with Gasteiger partial charge in [0.2, 0.25) is 0 Å². The van der Waals surface area contributed by atoms with Crippen molar-refractivity contribution in [3.05, 3.63) is 10.6 Å². The third kappa shape index (κ3) is 1.81. The molecule has 0 amide bonds. The van der Waals surface area contributed by atoms with E-state index in [1.54, 1.807) is 0 Å². The first-order valence-corrected chi connectivity index (χ1v) is 4.60. The van der Waals surface area contributed by atoms with E-state index in [-0.39, 0.29) is 5.41 Å². The SMILES string of the molecule is CC(C)(C)c1nnsc1C(=O)Cl. The number of halogens is 1. The Hall–Kier alpha value is -0.480. The van der Waals surface area contributed by atoms with Crippen LogP contribution >= 0.6 is 23.1 Å². The van der Waals surface area contributed by atoms with E-state index in [9.17, 15) is 4.79 Å². The van der Waals surface area contributed by atoms with Crippen molar-refractivity contribution in [1.82, 2.24) is 9.59 Å². The standard InChI is InChI=1S/C7H9ClN2OS/c1-7(2,3)5-4(6(8)11)12-10-9-5/h1-3H3. The molecule has 0 atom stereocenters. The molecule has 66 valence electrons. The van der Waals surface area contributed by atoms with Gasteiger partial charge in [0.05, 0.1) is 5.69 Å². The summed E-state index contributed by atoms with van der Waals surface area (Å²) in [6, 6.07) is 0. The fourth-order valence-electron chi connectivity index (χ4n) is 0.810. The zero-order valence-corrected chi connectivity index (χ0v) is 8.66. The van der Waals surface area contributed by atoms with E-state index in [1.807, 2.05) is 20.8 Å². The minimum Gasteiger partial charge on any atom is -0.275 e. The Kier molecular flexibility index (Phi) is 2.49. The van der Waals surface area contributed by atoms with Crippen molar-refractivity contribution < 1.29 is 4.79 Å². The van der Waals surface area contributed by atoms with Crippen molar-refractivity contribution in [1.29, 1.82) is 0 Å². The lowest BCUT2D eigenvalue weighted by Gasteiger charge is -2.14. The number of rotatable bonds is 1. The molecule has 0 bridgehead atoms. The van der Waals surface area contributed by atoms with Gasteiger partial charge in [0.25, 0.3) is 5.24 Å². The molecule has 1 aromatic heterocycles. The first-order chi connectivity index (χ1) is 5.43. The van der Waals surface area contributed by atoms with E-state index in [0.29, 0.717) is 10.6 Å². The van der Waals surface area contributed by atoms with Crippen LogP contribution in [0.25, 0.3) is 0 Å². The average molecular weight is 205 g/mol. The van der Waals surface area contributed by atoms with E-state index in [2.05, 4.69) is 9.59 Å². The second kappa shape index (κ2) is 3.11. The summed E-state index contributed by atoms with van der Waals surface area (Å²) in [5.41, 5.74) is 0.500. The van der Waals surface area contributed by atoms with Crippen LogP contribution in [0.5, 0.6) is 0 Å². The van der Waals surface area contributed by atoms with E-state index in [0.717, 1.165) is 11.5 Å². The predicted molar refractivity (Wildman–Crippen MR) is 48.8 cm³/mol. The highest BCUT2D eigenvalue weighted by molar-refractivity contribution is 7.10. The molecule has 0 unspecified atom stereocenters. The lowest BCUT2D eigenvalue weighted by atomic mass is 9.92. The molecule has 0 radical (unpaired) electrons. The van der Waals surface area contributed by atoms with Crippen LogP contribution in [0.4, 0.5) is 0 Å². The molecule has 0 aliphatic rings. The van der Waals surface area contributed by atoms with Gasteiger partial charge in [-0.1, -0.05) is 25.3 Å². The smallest absolute Gasteiger partial charge is 0.265 e. The Morgan fingerprint density at radius 1 is 1.50 bits per heavy atom. The molecule has 1 aromatic rings. The highest BCUT2D eigenvalue weighted by Crippen LogP contribution is 2.26. The Morgan fingerprint density at radius 3 is 2.42 bits per heavy atom. The summed E-state index contributed by atoms with van der Waals surface area (Å²) in [7, 11) is 0. The lowest BCUT2D eigenvalue weighted by molar-refractivity contribution is 0.108. The molecular formula is C7H9ClN2OS. The molecule has 3 nitrogen and oxygen atoms in total. The summed E-state index contributed by atoms with van der Waals surface area (Å²) in [4.78, 5) is 11.3. The van der Waals surface area contributed by atoms with Gasteiger partial charge >= 0.3 is 0 Å². The van der Waals surface area contributed by atoms with Crippen molar-refractivity contribution in [2.45, 2.75) is 26.2 Å². The third-order valence-corrected chi connectivity index (χ3v) is 2.40. The van der Waals surface area contributed by atoms with Crippen LogP contribution in [-0.2, 0) is 5.41 Å². The maximum atomic E-state index is 10.9. The topological polar surface area (TPSA) is 42.9 Å². The highest BCUT2D eigenvalue weighted by atomic mass is 35.5. The van der Waals surface area contributed by atoms with Gasteiger partial charge in [-0.05, 0) is 23.1 Å². The number of carbonyl (C=O) groups excluding carboxylic acids is 1. The van der Waals surface area contributed by atoms with Crippen molar-refractivity contribution in [2.24, 2.45) is 0 Å². The minimum atomic E-state index is -0.477. The zero-order chi connectivity index (χ0) is 9.35. The second-order valence-corrected chi connectivity index (χ2v) is 4.57. The van der Waals surface area contributed by atoms with Gasteiger partial charge in [0, 0.05) is 5.41 Å². The molecule has 0 fully saturated rings. The Bertz CT molecular complexity index is 303. The van der Waals surface area contributed by atoms with Crippen LogP contribution in [0.1, 0.15) is 36.1 Å². The molecule has 0 aliphatic heterocycles. The molecule has 1 heterocycles. The second-order valence-electron chi connectivity index (χ2n) is 3.47. The molecule has 0 saturated heterocycles. The minimum absolute atomic E-state index is 0.174. The molecule has 0 aliphatic carbocycles. The molecule has 5 heteroatoms. The molecule has 0 saturated carbocycles. The molecule has 0 N–H and O–H groups in total. The van der Waals surface area contributed by atoms with E-state index in [4.69, 9.17) is 11.6 Å². The van der Waals surface area contributed by atoms with Gasteiger partial charge in [-0.15, -0.1) is 5.10 Å². The van der Waals surface area contributed by atoms with Crippen molar-refractivity contribution in [3.63, 3.8) is 0 Å². The Morgan fingerprint density at radius 2 is 2.08 bits per heavy atom. The first-order valence-electron chi connectivity index (χ1n) is 3.45. The molecule has 0 spiro atoms. The summed E-state index contributed by atoms with van der Waals surface area (Å²) >= 11 is 6.39. The largest absolute Gasteiger partial charge is 0.275 e. The fourth-order valence-corrected chi connectivity index (χ4v) is 1.71. The van der Waals surface area contributed by atoms with E-state index in [1.165, 1.54) is 0 Å².